The molecule has 0 atom stereocenters. The van der Waals surface area contributed by atoms with E-state index in [0.29, 0.717) is 44.2 Å². The second-order valence-electron chi connectivity index (χ2n) is 13.4. The topological polar surface area (TPSA) is 215 Å². The van der Waals surface area contributed by atoms with Crippen LogP contribution in [0.15, 0.2) is 186 Å². The number of carboxylic acids is 1. The van der Waals surface area contributed by atoms with Crippen molar-refractivity contribution in [3.05, 3.63) is 208 Å². The Labute approximate surface area is 391 Å². The molecule has 0 aliphatic carbocycles. The monoisotopic (exact) mass is 937 g/mol. The molecule has 5 aromatic heterocycles. The van der Waals surface area contributed by atoms with Gasteiger partial charge in [0, 0.05) is 29.5 Å². The fraction of sp³-hybridized carbons (Fsp3) is 0. The third kappa shape index (κ3) is 14.2. The summed E-state index contributed by atoms with van der Waals surface area (Å²) >= 11 is 17.5. The highest BCUT2D eigenvalue weighted by molar-refractivity contribution is 7.99. The standard InChI is InChI=1S/C21H16N4OS.C12H10ClN3O.C9H7NS.C6H4ClNO2/c22-16-6-2-4-8-18(16)25-21(26)15-10-11-19(23-13-15)27-20-12-9-14-5-1-3-7-17(14)24-20;13-11-6-5-8(7-15-11)12(17)16-10-4-2-1-3-9(10)14;11-9-6-5-7-3-1-2-4-8(7)10-9;7-5-2-1-4(3-8-5)6(9)10/h1-13H,22H2,(H,25,26);1-7H,14H2,(H,16,17);1-6H,(H,10,11);1-3H,(H,9,10). The number of nitrogen functional groups attached to an aromatic ring is 2. The molecule has 5 heterocycles. The minimum atomic E-state index is -0.996. The number of nitrogens with one attached hydrogen (secondary N) is 3. The molecule has 0 fully saturated rings. The molecule has 17 heteroatoms. The predicted octanol–water partition coefficient (Wildman–Crippen LogP) is 11.5. The molecule has 0 saturated carbocycles. The first-order chi connectivity index (χ1) is 31.4. The van der Waals surface area contributed by atoms with Crippen LogP contribution in [0.4, 0.5) is 22.7 Å². The zero-order chi connectivity index (χ0) is 46.1. The van der Waals surface area contributed by atoms with Crippen molar-refractivity contribution < 1.29 is 19.5 Å². The van der Waals surface area contributed by atoms with E-state index < -0.39 is 5.97 Å². The molecule has 8 N–H and O–H groups in total. The maximum Gasteiger partial charge on any atom is 0.337 e. The zero-order valence-electron chi connectivity index (χ0n) is 33.9. The maximum atomic E-state index is 12.4. The Bertz CT molecular complexity index is 3120. The molecule has 0 unspecified atom stereocenters. The van der Waals surface area contributed by atoms with Crippen LogP contribution < -0.4 is 22.1 Å². The van der Waals surface area contributed by atoms with Crippen molar-refractivity contribution >= 4 is 110 Å². The largest absolute Gasteiger partial charge is 0.478 e. The van der Waals surface area contributed by atoms with Gasteiger partial charge in [0.25, 0.3) is 11.8 Å². The Kier molecular flexibility index (Phi) is 16.7. The number of halogens is 2. The van der Waals surface area contributed by atoms with Gasteiger partial charge in [-0.1, -0.05) is 114 Å². The lowest BCUT2D eigenvalue weighted by atomic mass is 10.2. The average molecular weight is 939 g/mol. The minimum Gasteiger partial charge on any atom is -0.478 e. The van der Waals surface area contributed by atoms with Gasteiger partial charge in [-0.2, -0.15) is 0 Å². The minimum absolute atomic E-state index is 0.143. The molecule has 0 spiro atoms. The van der Waals surface area contributed by atoms with Crippen molar-refractivity contribution in [2.45, 2.75) is 10.1 Å². The highest BCUT2D eigenvalue weighted by Crippen LogP contribution is 2.27. The Morgan fingerprint density at radius 1 is 0.554 bits per heavy atom. The number of amides is 2. The van der Waals surface area contributed by atoms with Gasteiger partial charge >= 0.3 is 5.97 Å². The second kappa shape index (κ2) is 23.1. The number of nitrogens with zero attached hydrogens (tertiary/aromatic N) is 4. The summed E-state index contributed by atoms with van der Waals surface area (Å²) in [6.45, 7) is 0. The summed E-state index contributed by atoms with van der Waals surface area (Å²) in [6, 6.07) is 47.7. The second-order valence-corrected chi connectivity index (χ2v) is 15.6. The molecular formula is C48H37Cl2N9O4S2. The van der Waals surface area contributed by atoms with Crippen molar-refractivity contribution in [3.8, 4) is 0 Å². The smallest absolute Gasteiger partial charge is 0.337 e. The first-order valence-electron chi connectivity index (χ1n) is 19.3. The SMILES string of the molecule is Nc1ccccc1NC(=O)c1ccc(Cl)nc1.Nc1ccccc1NC(=O)c1ccc(Sc2ccc3ccccc3n2)nc1.O=C(O)c1ccc(Cl)nc1.S=c1ccc2ccccc2[nH]1. The van der Waals surface area contributed by atoms with Crippen LogP contribution in [-0.2, 0) is 0 Å². The normalized spacial score (nSPS) is 10.2. The van der Waals surface area contributed by atoms with E-state index in [1.54, 1.807) is 60.8 Å². The van der Waals surface area contributed by atoms with E-state index in [4.69, 9.17) is 52.0 Å². The summed E-state index contributed by atoms with van der Waals surface area (Å²) in [5, 5.41) is 18.5. The number of aromatic carboxylic acids is 1. The molecule has 4 aromatic carbocycles. The lowest BCUT2D eigenvalue weighted by molar-refractivity contribution is 0.0696. The molecule has 13 nitrogen and oxygen atoms in total. The Morgan fingerprint density at radius 2 is 1.05 bits per heavy atom. The van der Waals surface area contributed by atoms with Gasteiger partial charge in [0.1, 0.15) is 25.0 Å². The first kappa shape index (κ1) is 46.8. The number of carbonyl (C=O) groups is 3. The number of hydrogen-bond donors (Lipinski definition) is 6. The van der Waals surface area contributed by atoms with Crippen LogP contribution in [0.1, 0.15) is 31.1 Å². The van der Waals surface area contributed by atoms with Gasteiger partial charge < -0.3 is 32.2 Å². The molecule has 0 radical (unpaired) electrons. The molecule has 9 rings (SSSR count). The Hall–Kier alpha value is -7.69. The van der Waals surface area contributed by atoms with Gasteiger partial charge in [-0.3, -0.25) is 9.59 Å². The van der Waals surface area contributed by atoms with Crippen molar-refractivity contribution in [2.75, 3.05) is 22.1 Å². The number of para-hydroxylation sites is 6. The third-order valence-electron chi connectivity index (χ3n) is 8.80. The molecule has 0 saturated heterocycles. The summed E-state index contributed by atoms with van der Waals surface area (Å²) in [7, 11) is 0. The number of carbonyl (C=O) groups excluding carboxylic acids is 2. The number of aromatic amines is 1. The fourth-order valence-corrected chi connectivity index (χ4v) is 6.64. The van der Waals surface area contributed by atoms with Crippen LogP contribution in [0.2, 0.25) is 10.3 Å². The van der Waals surface area contributed by atoms with E-state index in [-0.39, 0.29) is 17.4 Å². The molecule has 2 amide bonds. The van der Waals surface area contributed by atoms with E-state index in [1.807, 2.05) is 84.9 Å². The highest BCUT2D eigenvalue weighted by Gasteiger charge is 2.10. The average Bonchev–Trinajstić information content (AvgIpc) is 3.31. The Balaban J connectivity index is 0.000000157. The van der Waals surface area contributed by atoms with Gasteiger partial charge in [0.15, 0.2) is 0 Å². The van der Waals surface area contributed by atoms with Crippen LogP contribution in [0, 0.1) is 4.64 Å². The molecular weight excluding hydrogens is 902 g/mol. The molecule has 9 aromatic rings. The quantitative estimate of drug-likeness (QED) is 0.0500. The van der Waals surface area contributed by atoms with Crippen molar-refractivity contribution in [1.82, 2.24) is 24.9 Å². The number of benzene rings is 4. The van der Waals surface area contributed by atoms with Crippen molar-refractivity contribution in [3.63, 3.8) is 0 Å². The number of hydrogen-bond acceptors (Lipinski definition) is 11. The van der Waals surface area contributed by atoms with Gasteiger partial charge in [0.2, 0.25) is 0 Å². The van der Waals surface area contributed by atoms with Crippen LogP contribution in [0.3, 0.4) is 0 Å². The number of nitrogens with two attached hydrogens (primary N) is 2. The highest BCUT2D eigenvalue weighted by atomic mass is 35.5. The maximum absolute atomic E-state index is 12.4. The van der Waals surface area contributed by atoms with Crippen LogP contribution >= 0.6 is 47.2 Å². The van der Waals surface area contributed by atoms with Crippen molar-refractivity contribution in [1.29, 1.82) is 0 Å². The van der Waals surface area contributed by atoms with Gasteiger partial charge in [-0.25, -0.2) is 24.7 Å². The van der Waals surface area contributed by atoms with Crippen LogP contribution in [0.25, 0.3) is 21.8 Å². The number of fused-ring (bicyclic) bond motifs is 2. The van der Waals surface area contributed by atoms with E-state index in [1.165, 1.54) is 41.7 Å². The Morgan fingerprint density at radius 3 is 1.60 bits per heavy atom. The third-order valence-corrected chi connectivity index (χ3v) is 10.4. The van der Waals surface area contributed by atoms with Crippen LogP contribution in [-0.4, -0.2) is 47.8 Å². The molecule has 0 bridgehead atoms. The lowest BCUT2D eigenvalue weighted by Crippen LogP contribution is -2.13. The fourth-order valence-electron chi connectivity index (χ4n) is 5.51. The summed E-state index contributed by atoms with van der Waals surface area (Å²) in [6.07, 6.45) is 4.18. The van der Waals surface area contributed by atoms with E-state index in [0.717, 1.165) is 31.1 Å². The van der Waals surface area contributed by atoms with E-state index in [9.17, 15) is 14.4 Å². The number of pyridine rings is 5. The number of anilines is 4. The molecule has 0 aliphatic heterocycles. The summed E-state index contributed by atoms with van der Waals surface area (Å²) in [5.41, 5.74) is 16.9. The number of H-pyrrole nitrogens is 1. The van der Waals surface area contributed by atoms with Gasteiger partial charge in [-0.15, -0.1) is 0 Å². The van der Waals surface area contributed by atoms with Crippen LogP contribution in [0.5, 0.6) is 0 Å². The molecule has 0 aliphatic rings. The summed E-state index contributed by atoms with van der Waals surface area (Å²) in [4.78, 5) is 53.9. The molecule has 324 valence electrons. The van der Waals surface area contributed by atoms with Crippen molar-refractivity contribution in [2.24, 2.45) is 0 Å². The van der Waals surface area contributed by atoms with E-state index in [2.05, 4.69) is 41.6 Å². The van der Waals surface area contributed by atoms with E-state index >= 15 is 0 Å². The summed E-state index contributed by atoms with van der Waals surface area (Å²) in [5.74, 6) is -1.52. The summed E-state index contributed by atoms with van der Waals surface area (Å²) < 4.78 is 0.781. The number of aromatic nitrogens is 5. The van der Waals surface area contributed by atoms with Gasteiger partial charge in [0.05, 0.1) is 45.0 Å². The zero-order valence-corrected chi connectivity index (χ0v) is 37.1. The number of carboxylic acid groups (broad SMARTS) is 1. The number of rotatable bonds is 7. The predicted molar refractivity (Wildman–Crippen MR) is 262 cm³/mol. The lowest BCUT2D eigenvalue weighted by Gasteiger charge is -2.08. The first-order valence-corrected chi connectivity index (χ1v) is 21.3. The molecule has 65 heavy (non-hydrogen) atoms. The van der Waals surface area contributed by atoms with Gasteiger partial charge in [-0.05, 0) is 96.4 Å².